The summed E-state index contributed by atoms with van der Waals surface area (Å²) in [5.41, 5.74) is -0.428. The first-order valence-electron chi connectivity index (χ1n) is 7.38. The Balaban J connectivity index is 1.80. The van der Waals surface area contributed by atoms with E-state index in [1.807, 2.05) is 0 Å². The van der Waals surface area contributed by atoms with E-state index >= 15 is 0 Å². The quantitative estimate of drug-likeness (QED) is 0.769. The van der Waals surface area contributed by atoms with Gasteiger partial charge in [-0.25, -0.2) is 0 Å². The third-order valence-electron chi connectivity index (χ3n) is 4.63. The van der Waals surface area contributed by atoms with Crippen molar-refractivity contribution in [2.45, 2.75) is 56.3 Å². The molecule has 0 bridgehead atoms. The molecule has 4 unspecified atom stereocenters. The summed E-state index contributed by atoms with van der Waals surface area (Å²) < 4.78 is 11.4. The van der Waals surface area contributed by atoms with Gasteiger partial charge >= 0.3 is 0 Å². The lowest BCUT2D eigenvalue weighted by Crippen LogP contribution is -2.50. The molecule has 3 rings (SSSR count). The maximum absolute atomic E-state index is 12.5. The fourth-order valence-electron chi connectivity index (χ4n) is 3.47. The zero-order valence-electron chi connectivity index (χ0n) is 12.3. The van der Waals surface area contributed by atoms with E-state index in [-0.39, 0.29) is 16.6 Å². The topological polar surface area (TPSA) is 39.4 Å². The van der Waals surface area contributed by atoms with Gasteiger partial charge in [0.05, 0.1) is 12.4 Å². The van der Waals surface area contributed by atoms with Crippen LogP contribution in [0, 0.1) is 11.8 Å². The van der Waals surface area contributed by atoms with Crippen LogP contribution in [0.25, 0.3) is 0 Å². The second kappa shape index (κ2) is 5.23. The smallest absolute Gasteiger partial charge is 0.236 e. The third-order valence-corrected chi connectivity index (χ3v) is 6.08. The average Bonchev–Trinajstić information content (AvgIpc) is 2.90. The van der Waals surface area contributed by atoms with E-state index in [1.165, 1.54) is 19.1 Å². The maximum atomic E-state index is 12.5. The van der Waals surface area contributed by atoms with Crippen LogP contribution in [0.5, 0.6) is 0 Å². The minimum Gasteiger partial charge on any atom is -0.461 e. The second-order valence-corrected chi connectivity index (χ2v) is 8.31. The van der Waals surface area contributed by atoms with Crippen molar-refractivity contribution in [2.24, 2.45) is 11.8 Å². The van der Waals surface area contributed by atoms with Crippen LogP contribution < -0.4 is 0 Å². The normalized spacial score (nSPS) is 36.4. The van der Waals surface area contributed by atoms with Crippen molar-refractivity contribution in [3.05, 3.63) is 24.2 Å². The molecule has 1 saturated carbocycles. The van der Waals surface area contributed by atoms with Crippen LogP contribution in [0.15, 0.2) is 22.8 Å². The molecule has 1 aromatic rings. The van der Waals surface area contributed by atoms with Crippen LogP contribution in [0.2, 0.25) is 0 Å². The van der Waals surface area contributed by atoms with Crippen LogP contribution in [0.3, 0.4) is 0 Å². The number of ketones is 1. The molecule has 1 saturated heterocycles. The molecule has 4 atom stereocenters. The Morgan fingerprint density at radius 3 is 2.90 bits per heavy atom. The lowest BCUT2D eigenvalue weighted by Gasteiger charge is -2.49. The molecule has 1 aliphatic heterocycles. The van der Waals surface area contributed by atoms with Crippen LogP contribution in [0.1, 0.15) is 50.6 Å². The molecule has 1 aromatic heterocycles. The Labute approximate surface area is 124 Å². The van der Waals surface area contributed by atoms with Gasteiger partial charge in [0.25, 0.3) is 0 Å². The zero-order chi connectivity index (χ0) is 14.3. The average molecular weight is 294 g/mol. The molecule has 0 N–H and O–H groups in total. The highest BCUT2D eigenvalue weighted by molar-refractivity contribution is 8.01. The molecule has 110 valence electrons. The molecule has 2 heterocycles. The van der Waals surface area contributed by atoms with Crippen molar-refractivity contribution in [1.82, 2.24) is 0 Å². The van der Waals surface area contributed by atoms with Crippen molar-refractivity contribution in [1.29, 1.82) is 0 Å². The molecule has 1 aliphatic carbocycles. The molecule has 0 spiro atoms. The number of thioether (sulfide) groups is 1. The highest BCUT2D eigenvalue weighted by Gasteiger charge is 2.48. The summed E-state index contributed by atoms with van der Waals surface area (Å²) in [6.45, 7) is 6.77. The first kappa shape index (κ1) is 14.2. The van der Waals surface area contributed by atoms with E-state index < -0.39 is 5.44 Å². The van der Waals surface area contributed by atoms with Gasteiger partial charge in [-0.15, -0.1) is 11.8 Å². The van der Waals surface area contributed by atoms with E-state index in [2.05, 4.69) is 20.8 Å². The number of rotatable bonds is 2. The number of hydrogen-bond donors (Lipinski definition) is 0. The lowest BCUT2D eigenvalue weighted by molar-refractivity contribution is -0.0492. The number of ether oxygens (including phenoxy) is 1. The van der Waals surface area contributed by atoms with Gasteiger partial charge in [-0.1, -0.05) is 27.2 Å². The summed E-state index contributed by atoms with van der Waals surface area (Å²) in [6, 6.07) is 3.46. The minimum absolute atomic E-state index is 0.0373. The van der Waals surface area contributed by atoms with Gasteiger partial charge in [-0.2, -0.15) is 0 Å². The van der Waals surface area contributed by atoms with Crippen LogP contribution in [-0.4, -0.2) is 22.1 Å². The van der Waals surface area contributed by atoms with Gasteiger partial charge in [-0.05, 0) is 36.8 Å². The van der Waals surface area contributed by atoms with Crippen LogP contribution in [0.4, 0.5) is 0 Å². The fraction of sp³-hybridized carbons (Fsp3) is 0.688. The molecule has 2 aliphatic rings. The first-order chi connectivity index (χ1) is 9.47. The molecule has 3 nitrogen and oxygen atoms in total. The number of fused-ring (bicyclic) bond motifs is 1. The van der Waals surface area contributed by atoms with Gasteiger partial charge in [0.1, 0.15) is 0 Å². The summed E-state index contributed by atoms with van der Waals surface area (Å²) in [5, 5.41) is 0. The molecular formula is C16H22O3S. The molecule has 2 fully saturated rings. The summed E-state index contributed by atoms with van der Waals surface area (Å²) in [7, 11) is 0. The molecule has 0 amide bonds. The number of hydrogen-bond acceptors (Lipinski definition) is 4. The van der Waals surface area contributed by atoms with E-state index in [0.29, 0.717) is 17.6 Å². The lowest BCUT2D eigenvalue weighted by atomic mass is 9.75. The monoisotopic (exact) mass is 294 g/mol. The second-order valence-electron chi connectivity index (χ2n) is 6.59. The van der Waals surface area contributed by atoms with Gasteiger partial charge < -0.3 is 9.15 Å². The highest BCUT2D eigenvalue weighted by Crippen LogP contribution is 2.50. The predicted octanol–water partition coefficient (Wildman–Crippen LogP) is 4.14. The Bertz CT molecular complexity index is 480. The number of carbonyl (C=O) groups excluding carboxylic acids is 1. The number of Topliss-reactive ketones (excluding diaryl/α,β-unsaturated/α-hetero) is 1. The number of furan rings is 1. The Morgan fingerprint density at radius 1 is 1.40 bits per heavy atom. The van der Waals surface area contributed by atoms with Crippen molar-refractivity contribution in [3.8, 4) is 0 Å². The maximum Gasteiger partial charge on any atom is 0.236 e. The molecule has 0 radical (unpaired) electrons. The van der Waals surface area contributed by atoms with Crippen molar-refractivity contribution >= 4 is 17.5 Å². The molecule has 0 aromatic carbocycles. The standard InChI is InChI=1S/C16H22O3S/c1-10-6-7-11-13(9-10)19-15(20-16(11,2)3)14(17)12-5-4-8-18-12/h4-5,8,10-11,13,15H,6-7,9H2,1-3H3. The van der Waals surface area contributed by atoms with E-state index in [1.54, 1.807) is 23.9 Å². The van der Waals surface area contributed by atoms with Crippen LogP contribution in [-0.2, 0) is 4.74 Å². The van der Waals surface area contributed by atoms with Crippen LogP contribution >= 0.6 is 11.8 Å². The third kappa shape index (κ3) is 2.56. The predicted molar refractivity (Wildman–Crippen MR) is 79.9 cm³/mol. The fourth-order valence-corrected chi connectivity index (χ4v) is 4.89. The highest BCUT2D eigenvalue weighted by atomic mass is 32.2. The van der Waals surface area contributed by atoms with Crippen molar-refractivity contribution < 1.29 is 13.9 Å². The van der Waals surface area contributed by atoms with E-state index in [9.17, 15) is 4.79 Å². The van der Waals surface area contributed by atoms with Gasteiger partial charge in [-0.3, -0.25) is 4.79 Å². The van der Waals surface area contributed by atoms with Crippen molar-refractivity contribution in [3.63, 3.8) is 0 Å². The Kier molecular flexibility index (Phi) is 3.71. The Morgan fingerprint density at radius 2 is 2.20 bits per heavy atom. The zero-order valence-corrected chi connectivity index (χ0v) is 13.1. The molecule has 20 heavy (non-hydrogen) atoms. The van der Waals surface area contributed by atoms with Crippen molar-refractivity contribution in [2.75, 3.05) is 0 Å². The summed E-state index contributed by atoms with van der Waals surface area (Å²) in [5.74, 6) is 1.60. The van der Waals surface area contributed by atoms with Gasteiger partial charge in [0.2, 0.25) is 5.78 Å². The largest absolute Gasteiger partial charge is 0.461 e. The van der Waals surface area contributed by atoms with Gasteiger partial charge in [0, 0.05) is 4.75 Å². The summed E-state index contributed by atoms with van der Waals surface area (Å²) in [4.78, 5) is 12.5. The SMILES string of the molecule is CC1CCC2C(C1)OC(C(=O)c1ccco1)SC2(C)C. The number of carbonyl (C=O) groups is 1. The first-order valence-corrected chi connectivity index (χ1v) is 8.26. The summed E-state index contributed by atoms with van der Waals surface area (Å²) in [6.07, 6.45) is 5.28. The Hall–Kier alpha value is -0.740. The van der Waals surface area contributed by atoms with Gasteiger partial charge in [0.15, 0.2) is 11.2 Å². The molecular weight excluding hydrogens is 272 g/mol. The van der Waals surface area contributed by atoms with E-state index in [0.717, 1.165) is 6.42 Å². The summed E-state index contributed by atoms with van der Waals surface area (Å²) >= 11 is 1.65. The molecule has 4 heteroatoms. The van der Waals surface area contributed by atoms with E-state index in [4.69, 9.17) is 9.15 Å². The minimum atomic E-state index is -0.428.